The van der Waals surface area contributed by atoms with Crippen LogP contribution in [0.2, 0.25) is 0 Å². The lowest BCUT2D eigenvalue weighted by Gasteiger charge is -2.27. The number of ketones is 1. The van der Waals surface area contributed by atoms with Gasteiger partial charge in [-0.2, -0.15) is 0 Å². The minimum atomic E-state index is -1.22. The lowest BCUT2D eigenvalue weighted by molar-refractivity contribution is -0.164. The molecule has 1 aromatic rings. The zero-order valence-corrected chi connectivity index (χ0v) is 10.1. The Morgan fingerprint density at radius 3 is 2.40 bits per heavy atom. The summed E-state index contributed by atoms with van der Waals surface area (Å²) in [6.07, 6.45) is 0. The Morgan fingerprint density at radius 2 is 1.87 bits per heavy atom. The molecular weight excluding hydrogens is 260 g/mol. The number of ether oxygens (including phenoxy) is 2. The van der Waals surface area contributed by atoms with Gasteiger partial charge in [0.1, 0.15) is 4.83 Å². The van der Waals surface area contributed by atoms with E-state index < -0.39 is 5.79 Å². The van der Waals surface area contributed by atoms with Gasteiger partial charge in [-0.25, -0.2) is 0 Å². The average Bonchev–Trinajstić information content (AvgIpc) is 2.51. The number of carbonyl (C=O) groups is 1. The maximum Gasteiger partial charge on any atom is 0.250 e. The van der Waals surface area contributed by atoms with Crippen LogP contribution < -0.4 is 0 Å². The van der Waals surface area contributed by atoms with Crippen LogP contribution in [0.1, 0.15) is 20.7 Å². The minimum absolute atomic E-state index is 0.134. The van der Waals surface area contributed by atoms with Gasteiger partial charge in [-0.3, -0.25) is 4.79 Å². The van der Waals surface area contributed by atoms with E-state index in [1.165, 1.54) is 14.2 Å². The second kappa shape index (κ2) is 3.70. The van der Waals surface area contributed by atoms with Crippen molar-refractivity contribution in [3.8, 4) is 0 Å². The summed E-state index contributed by atoms with van der Waals surface area (Å²) >= 11 is 3.45. The predicted octanol–water partition coefficient (Wildman–Crippen LogP) is 2.31. The summed E-state index contributed by atoms with van der Waals surface area (Å²) < 4.78 is 10.5. The van der Waals surface area contributed by atoms with Crippen molar-refractivity contribution in [2.45, 2.75) is 10.6 Å². The molecule has 4 heteroatoms. The van der Waals surface area contributed by atoms with Gasteiger partial charge in [0, 0.05) is 19.8 Å². The molecule has 3 nitrogen and oxygen atoms in total. The number of benzene rings is 1. The van der Waals surface area contributed by atoms with Crippen LogP contribution >= 0.6 is 15.9 Å². The zero-order chi connectivity index (χ0) is 11.1. The van der Waals surface area contributed by atoms with E-state index in [1.54, 1.807) is 6.07 Å². The van der Waals surface area contributed by atoms with Crippen molar-refractivity contribution in [3.63, 3.8) is 0 Å². The molecule has 1 aliphatic rings. The number of alkyl halides is 1. The van der Waals surface area contributed by atoms with Crippen LogP contribution in [-0.4, -0.2) is 25.8 Å². The summed E-state index contributed by atoms with van der Waals surface area (Å²) in [7, 11) is 2.95. The number of rotatable bonds is 2. The molecule has 0 radical (unpaired) electrons. The van der Waals surface area contributed by atoms with Crippen molar-refractivity contribution < 1.29 is 14.3 Å². The Bertz CT molecular complexity index is 399. The first kappa shape index (κ1) is 10.8. The number of carbonyl (C=O) groups excluding carboxylic acids is 1. The standard InChI is InChI=1S/C11H11BrO3/c1-14-11(15-2)9(12)7-5-3-4-6-8(7)10(11)13/h3-6,9H,1-2H3. The molecule has 15 heavy (non-hydrogen) atoms. The molecule has 0 amide bonds. The largest absolute Gasteiger partial charge is 0.346 e. The SMILES string of the molecule is COC1(OC)C(=O)c2ccccc2C1Br. The Kier molecular flexibility index (Phi) is 2.66. The summed E-state index contributed by atoms with van der Waals surface area (Å²) in [5.74, 6) is -1.35. The van der Waals surface area contributed by atoms with Crippen molar-refractivity contribution in [2.75, 3.05) is 14.2 Å². The molecule has 0 heterocycles. The van der Waals surface area contributed by atoms with Crippen LogP contribution in [0, 0.1) is 0 Å². The Hall–Kier alpha value is -0.710. The molecule has 0 fully saturated rings. The highest BCUT2D eigenvalue weighted by molar-refractivity contribution is 9.09. The second-order valence-corrected chi connectivity index (χ2v) is 4.27. The number of methoxy groups -OCH3 is 2. The predicted molar refractivity (Wildman–Crippen MR) is 59.2 cm³/mol. The van der Waals surface area contributed by atoms with Gasteiger partial charge in [-0.1, -0.05) is 40.2 Å². The fraction of sp³-hybridized carbons (Fsp3) is 0.364. The molecule has 1 aliphatic carbocycles. The van der Waals surface area contributed by atoms with Gasteiger partial charge in [-0.15, -0.1) is 0 Å². The highest BCUT2D eigenvalue weighted by Crippen LogP contribution is 2.46. The summed E-state index contributed by atoms with van der Waals surface area (Å²) in [6, 6.07) is 7.40. The molecule has 0 aliphatic heterocycles. The molecule has 0 saturated heterocycles. The van der Waals surface area contributed by atoms with E-state index in [4.69, 9.17) is 9.47 Å². The molecule has 80 valence electrons. The summed E-state index contributed by atoms with van der Waals surface area (Å²) in [6.45, 7) is 0. The van der Waals surface area contributed by atoms with Crippen molar-refractivity contribution in [1.82, 2.24) is 0 Å². The van der Waals surface area contributed by atoms with E-state index in [1.807, 2.05) is 18.2 Å². The first-order valence-corrected chi connectivity index (χ1v) is 5.47. The van der Waals surface area contributed by atoms with Gasteiger partial charge in [-0.05, 0) is 5.56 Å². The van der Waals surface area contributed by atoms with Crippen molar-refractivity contribution in [3.05, 3.63) is 35.4 Å². The van der Waals surface area contributed by atoms with Crippen LogP contribution in [-0.2, 0) is 9.47 Å². The fourth-order valence-electron chi connectivity index (χ4n) is 1.91. The summed E-state index contributed by atoms with van der Waals surface area (Å²) in [5, 5.41) is 0. The van der Waals surface area contributed by atoms with Crippen LogP contribution in [0.25, 0.3) is 0 Å². The number of hydrogen-bond donors (Lipinski definition) is 0. The third-order valence-electron chi connectivity index (χ3n) is 2.74. The van der Waals surface area contributed by atoms with E-state index in [9.17, 15) is 4.79 Å². The van der Waals surface area contributed by atoms with Gasteiger partial charge in [0.15, 0.2) is 0 Å². The molecule has 0 N–H and O–H groups in total. The molecule has 2 rings (SSSR count). The zero-order valence-electron chi connectivity index (χ0n) is 8.49. The third-order valence-corrected chi connectivity index (χ3v) is 3.83. The monoisotopic (exact) mass is 270 g/mol. The molecule has 1 atom stereocenters. The lowest BCUT2D eigenvalue weighted by atomic mass is 10.1. The molecule has 0 bridgehead atoms. The van der Waals surface area contributed by atoms with E-state index in [0.29, 0.717) is 5.56 Å². The Morgan fingerprint density at radius 1 is 1.27 bits per heavy atom. The van der Waals surface area contributed by atoms with Crippen LogP contribution in [0.4, 0.5) is 0 Å². The maximum absolute atomic E-state index is 12.1. The van der Waals surface area contributed by atoms with Crippen LogP contribution in [0.5, 0.6) is 0 Å². The third kappa shape index (κ3) is 1.29. The van der Waals surface area contributed by atoms with E-state index in [2.05, 4.69) is 15.9 Å². The molecule has 0 aromatic heterocycles. The molecule has 0 spiro atoms. The van der Waals surface area contributed by atoms with Gasteiger partial charge >= 0.3 is 0 Å². The minimum Gasteiger partial charge on any atom is -0.346 e. The number of fused-ring (bicyclic) bond motifs is 1. The molecule has 1 aromatic carbocycles. The fourth-order valence-corrected chi connectivity index (χ4v) is 2.89. The van der Waals surface area contributed by atoms with Crippen LogP contribution in [0.3, 0.4) is 0 Å². The van der Waals surface area contributed by atoms with Crippen molar-refractivity contribution in [1.29, 1.82) is 0 Å². The van der Waals surface area contributed by atoms with Gasteiger partial charge in [0.05, 0.1) is 0 Å². The molecule has 0 saturated carbocycles. The van der Waals surface area contributed by atoms with Gasteiger partial charge in [0.25, 0.3) is 0 Å². The lowest BCUT2D eigenvalue weighted by Crippen LogP contribution is -2.41. The van der Waals surface area contributed by atoms with Crippen molar-refractivity contribution in [2.24, 2.45) is 0 Å². The topological polar surface area (TPSA) is 35.5 Å². The average molecular weight is 271 g/mol. The first-order chi connectivity index (χ1) is 7.17. The number of hydrogen-bond acceptors (Lipinski definition) is 3. The van der Waals surface area contributed by atoms with Crippen molar-refractivity contribution >= 4 is 21.7 Å². The molecular formula is C11H11BrO3. The van der Waals surface area contributed by atoms with Gasteiger partial charge in [0.2, 0.25) is 11.6 Å². The quantitative estimate of drug-likeness (QED) is 0.611. The van der Waals surface area contributed by atoms with E-state index in [-0.39, 0.29) is 10.6 Å². The van der Waals surface area contributed by atoms with Gasteiger partial charge < -0.3 is 9.47 Å². The Labute approximate surface area is 96.5 Å². The van der Waals surface area contributed by atoms with E-state index >= 15 is 0 Å². The second-order valence-electron chi connectivity index (χ2n) is 3.35. The highest BCUT2D eigenvalue weighted by atomic mass is 79.9. The first-order valence-electron chi connectivity index (χ1n) is 4.55. The maximum atomic E-state index is 12.1. The van der Waals surface area contributed by atoms with Crippen LogP contribution in [0.15, 0.2) is 24.3 Å². The summed E-state index contributed by atoms with van der Waals surface area (Å²) in [4.78, 5) is 11.9. The summed E-state index contributed by atoms with van der Waals surface area (Å²) in [5.41, 5.74) is 1.56. The number of halogens is 1. The molecule has 1 unspecified atom stereocenters. The highest BCUT2D eigenvalue weighted by Gasteiger charge is 2.53. The number of Topliss-reactive ketones (excluding diaryl/α,β-unsaturated/α-hetero) is 1. The smallest absolute Gasteiger partial charge is 0.250 e. The Balaban J connectivity index is 2.58. The normalized spacial score (nSPS) is 22.9. The van der Waals surface area contributed by atoms with E-state index in [0.717, 1.165) is 5.56 Å².